The van der Waals surface area contributed by atoms with E-state index in [1.165, 1.54) is 12.8 Å². The van der Waals surface area contributed by atoms with Gasteiger partial charge in [-0.15, -0.1) is 0 Å². The Morgan fingerprint density at radius 3 is 3.00 bits per heavy atom. The summed E-state index contributed by atoms with van der Waals surface area (Å²) >= 11 is 3.50. The third-order valence-electron chi connectivity index (χ3n) is 3.55. The number of fused-ring (bicyclic) bond motifs is 1. The Morgan fingerprint density at radius 2 is 2.23 bits per heavy atom. The average molecular weight is 359 g/mol. The molecular formula is C15H15BrN6. The van der Waals surface area contributed by atoms with Crippen molar-refractivity contribution in [2.45, 2.75) is 25.4 Å². The molecule has 0 spiro atoms. The SMILES string of the molecule is Brc1cnn2c(NCc3cccnc3)cc(NC3CC3)nc12. The summed E-state index contributed by atoms with van der Waals surface area (Å²) in [6.45, 7) is 0.688. The van der Waals surface area contributed by atoms with Gasteiger partial charge < -0.3 is 10.6 Å². The number of hydrogen-bond donors (Lipinski definition) is 2. The molecule has 1 aliphatic rings. The molecule has 0 amide bonds. The van der Waals surface area contributed by atoms with Gasteiger partial charge in [0.25, 0.3) is 0 Å². The topological polar surface area (TPSA) is 67.1 Å². The maximum atomic E-state index is 4.62. The molecule has 0 bridgehead atoms. The largest absolute Gasteiger partial charge is 0.367 e. The maximum absolute atomic E-state index is 4.62. The van der Waals surface area contributed by atoms with Gasteiger partial charge in [0.15, 0.2) is 5.65 Å². The van der Waals surface area contributed by atoms with E-state index >= 15 is 0 Å². The van der Waals surface area contributed by atoms with Gasteiger partial charge in [-0.05, 0) is 40.4 Å². The van der Waals surface area contributed by atoms with Gasteiger partial charge >= 0.3 is 0 Å². The molecule has 0 aliphatic heterocycles. The molecular weight excluding hydrogens is 344 g/mol. The molecule has 22 heavy (non-hydrogen) atoms. The Balaban J connectivity index is 1.65. The fourth-order valence-electron chi connectivity index (χ4n) is 2.27. The van der Waals surface area contributed by atoms with Crippen molar-refractivity contribution in [3.05, 3.63) is 46.8 Å². The van der Waals surface area contributed by atoms with Crippen LogP contribution in [0.1, 0.15) is 18.4 Å². The highest BCUT2D eigenvalue weighted by atomic mass is 79.9. The lowest BCUT2D eigenvalue weighted by Gasteiger charge is -2.11. The lowest BCUT2D eigenvalue weighted by atomic mass is 10.3. The van der Waals surface area contributed by atoms with Gasteiger partial charge in [-0.2, -0.15) is 9.61 Å². The second-order valence-electron chi connectivity index (χ2n) is 5.39. The summed E-state index contributed by atoms with van der Waals surface area (Å²) in [5, 5.41) is 11.2. The van der Waals surface area contributed by atoms with E-state index in [1.54, 1.807) is 16.9 Å². The molecule has 6 nitrogen and oxygen atoms in total. The first-order valence-corrected chi connectivity index (χ1v) is 8.02. The summed E-state index contributed by atoms with van der Waals surface area (Å²) in [5.41, 5.74) is 1.93. The van der Waals surface area contributed by atoms with Crippen LogP contribution >= 0.6 is 15.9 Å². The van der Waals surface area contributed by atoms with Crippen molar-refractivity contribution in [1.82, 2.24) is 19.6 Å². The van der Waals surface area contributed by atoms with Crippen LogP contribution in [-0.2, 0) is 6.54 Å². The van der Waals surface area contributed by atoms with Crippen molar-refractivity contribution >= 4 is 33.2 Å². The number of pyridine rings is 1. The van der Waals surface area contributed by atoms with Gasteiger partial charge in [0, 0.05) is 31.0 Å². The molecule has 3 aromatic rings. The molecule has 3 aromatic heterocycles. The summed E-state index contributed by atoms with van der Waals surface area (Å²) in [7, 11) is 0. The van der Waals surface area contributed by atoms with Crippen LogP contribution in [0.4, 0.5) is 11.6 Å². The smallest absolute Gasteiger partial charge is 0.173 e. The monoisotopic (exact) mass is 358 g/mol. The van der Waals surface area contributed by atoms with Crippen LogP contribution in [-0.4, -0.2) is 25.6 Å². The highest BCUT2D eigenvalue weighted by molar-refractivity contribution is 9.10. The van der Waals surface area contributed by atoms with Gasteiger partial charge in [0.1, 0.15) is 11.6 Å². The quantitative estimate of drug-likeness (QED) is 0.733. The van der Waals surface area contributed by atoms with Gasteiger partial charge in [0.2, 0.25) is 0 Å². The summed E-state index contributed by atoms with van der Waals surface area (Å²) in [4.78, 5) is 8.75. The molecule has 3 heterocycles. The van der Waals surface area contributed by atoms with Crippen LogP contribution in [0.25, 0.3) is 5.65 Å². The van der Waals surface area contributed by atoms with Crippen molar-refractivity contribution in [1.29, 1.82) is 0 Å². The molecule has 0 atom stereocenters. The number of anilines is 2. The second kappa shape index (κ2) is 5.57. The third kappa shape index (κ3) is 2.76. The first-order chi connectivity index (χ1) is 10.8. The van der Waals surface area contributed by atoms with Gasteiger partial charge in [-0.25, -0.2) is 4.98 Å². The molecule has 1 aliphatic carbocycles. The lowest BCUT2D eigenvalue weighted by molar-refractivity contribution is 0.921. The number of halogens is 1. The highest BCUT2D eigenvalue weighted by Gasteiger charge is 2.22. The van der Waals surface area contributed by atoms with Crippen LogP contribution in [0.5, 0.6) is 0 Å². The summed E-state index contributed by atoms with van der Waals surface area (Å²) in [5.74, 6) is 1.78. The van der Waals surface area contributed by atoms with E-state index in [2.05, 4.69) is 41.6 Å². The lowest BCUT2D eigenvalue weighted by Crippen LogP contribution is -2.09. The molecule has 112 valence electrons. The highest BCUT2D eigenvalue weighted by Crippen LogP contribution is 2.27. The zero-order chi connectivity index (χ0) is 14.9. The summed E-state index contributed by atoms with van der Waals surface area (Å²) in [6, 6.07) is 6.54. The molecule has 1 fully saturated rings. The number of nitrogens with zero attached hydrogens (tertiary/aromatic N) is 4. The minimum atomic E-state index is 0.558. The summed E-state index contributed by atoms with van der Waals surface area (Å²) in [6.07, 6.45) is 7.82. The Bertz CT molecular complexity index is 796. The number of aromatic nitrogens is 4. The molecule has 0 unspecified atom stereocenters. The Labute approximate surface area is 136 Å². The van der Waals surface area contributed by atoms with Gasteiger partial charge in [-0.1, -0.05) is 6.07 Å². The third-order valence-corrected chi connectivity index (χ3v) is 4.11. The molecule has 2 N–H and O–H groups in total. The minimum absolute atomic E-state index is 0.558. The predicted octanol–water partition coefficient (Wildman–Crippen LogP) is 3.07. The van der Waals surface area contributed by atoms with E-state index in [-0.39, 0.29) is 0 Å². The molecule has 0 radical (unpaired) electrons. The predicted molar refractivity (Wildman–Crippen MR) is 88.9 cm³/mol. The van der Waals surface area contributed by atoms with Crippen LogP contribution in [0, 0.1) is 0 Å². The Morgan fingerprint density at radius 1 is 1.32 bits per heavy atom. The Kier molecular flexibility index (Phi) is 3.42. The van der Waals surface area contributed by atoms with Crippen molar-refractivity contribution < 1.29 is 0 Å². The van der Waals surface area contributed by atoms with E-state index in [0.717, 1.165) is 27.3 Å². The fourth-order valence-corrected chi connectivity index (χ4v) is 2.62. The van der Waals surface area contributed by atoms with Crippen molar-refractivity contribution in [3.8, 4) is 0 Å². The van der Waals surface area contributed by atoms with Crippen molar-refractivity contribution in [2.75, 3.05) is 10.6 Å². The normalized spacial score (nSPS) is 14.2. The van der Waals surface area contributed by atoms with Gasteiger partial charge in [0.05, 0.1) is 10.7 Å². The van der Waals surface area contributed by atoms with E-state index in [1.807, 2.05) is 24.4 Å². The fraction of sp³-hybridized carbons (Fsp3) is 0.267. The maximum Gasteiger partial charge on any atom is 0.173 e. The van der Waals surface area contributed by atoms with Crippen molar-refractivity contribution in [3.63, 3.8) is 0 Å². The standard InChI is InChI=1S/C15H15BrN6/c16-12-9-19-22-14(18-8-10-2-1-5-17-7-10)6-13(21-15(12)22)20-11-3-4-11/h1-2,5-7,9,11,18H,3-4,8H2,(H,20,21). The second-order valence-corrected chi connectivity index (χ2v) is 6.24. The van der Waals surface area contributed by atoms with Crippen molar-refractivity contribution in [2.24, 2.45) is 0 Å². The first-order valence-electron chi connectivity index (χ1n) is 7.23. The summed E-state index contributed by atoms with van der Waals surface area (Å²) < 4.78 is 2.69. The molecule has 4 rings (SSSR count). The van der Waals surface area contributed by atoms with E-state index in [9.17, 15) is 0 Å². The van der Waals surface area contributed by atoms with E-state index in [0.29, 0.717) is 12.6 Å². The zero-order valence-electron chi connectivity index (χ0n) is 11.8. The molecule has 7 heteroatoms. The number of rotatable bonds is 5. The van der Waals surface area contributed by atoms with E-state index in [4.69, 9.17) is 0 Å². The zero-order valence-corrected chi connectivity index (χ0v) is 13.4. The molecule has 0 saturated heterocycles. The minimum Gasteiger partial charge on any atom is -0.367 e. The van der Waals surface area contributed by atoms with Crippen LogP contribution in [0.15, 0.2) is 41.3 Å². The number of nitrogens with one attached hydrogen (secondary N) is 2. The molecule has 0 aromatic carbocycles. The van der Waals surface area contributed by atoms with Crippen LogP contribution in [0.3, 0.4) is 0 Å². The van der Waals surface area contributed by atoms with Crippen LogP contribution in [0.2, 0.25) is 0 Å². The average Bonchev–Trinajstić information content (AvgIpc) is 3.28. The first kappa shape index (κ1) is 13.5. The van der Waals surface area contributed by atoms with Gasteiger partial charge in [-0.3, -0.25) is 4.98 Å². The number of hydrogen-bond acceptors (Lipinski definition) is 5. The van der Waals surface area contributed by atoms with Crippen LogP contribution < -0.4 is 10.6 Å². The van der Waals surface area contributed by atoms with E-state index < -0.39 is 0 Å². The Hall–Kier alpha value is -2.15. The molecule has 1 saturated carbocycles.